The van der Waals surface area contributed by atoms with E-state index in [1.807, 2.05) is 36.4 Å². The van der Waals surface area contributed by atoms with E-state index in [1.165, 1.54) is 24.0 Å². The lowest BCUT2D eigenvalue weighted by molar-refractivity contribution is 0.689. The van der Waals surface area contributed by atoms with Crippen molar-refractivity contribution in [1.82, 2.24) is 5.32 Å². The van der Waals surface area contributed by atoms with Crippen LogP contribution in [0.5, 0.6) is 0 Å². The average Bonchev–Trinajstić information content (AvgIpc) is 3.22. The third-order valence-electron chi connectivity index (χ3n) is 3.39. The fourth-order valence-corrected chi connectivity index (χ4v) is 2.44. The van der Waals surface area contributed by atoms with E-state index < -0.39 is 0 Å². The molecule has 1 N–H and O–H groups in total. The normalized spacial score (nSPS) is 14.6. The molecule has 1 aliphatic rings. The van der Waals surface area contributed by atoms with Gasteiger partial charge in [-0.25, -0.2) is 0 Å². The molecule has 0 saturated heterocycles. The summed E-state index contributed by atoms with van der Waals surface area (Å²) in [6, 6.07) is 14.7. The van der Waals surface area contributed by atoms with Crippen molar-refractivity contribution in [3.05, 3.63) is 58.1 Å². The zero-order chi connectivity index (χ0) is 13.2. The van der Waals surface area contributed by atoms with Crippen LogP contribution in [0.25, 0.3) is 11.1 Å². The Balaban J connectivity index is 1.92. The predicted octanol–water partition coefficient (Wildman–Crippen LogP) is 4.91. The van der Waals surface area contributed by atoms with E-state index in [0.717, 1.165) is 22.2 Å². The summed E-state index contributed by atoms with van der Waals surface area (Å²) < 4.78 is 0. The van der Waals surface area contributed by atoms with Crippen LogP contribution in [-0.4, -0.2) is 6.04 Å². The summed E-state index contributed by atoms with van der Waals surface area (Å²) in [4.78, 5) is 0. The van der Waals surface area contributed by atoms with Crippen molar-refractivity contribution in [1.29, 1.82) is 0 Å². The molecule has 2 aromatic rings. The highest BCUT2D eigenvalue weighted by Crippen LogP contribution is 2.29. The van der Waals surface area contributed by atoms with Crippen molar-refractivity contribution in [3.63, 3.8) is 0 Å². The Hall–Kier alpha value is -1.02. The van der Waals surface area contributed by atoms with Crippen LogP contribution in [0.1, 0.15) is 18.4 Å². The molecule has 98 valence electrons. The lowest BCUT2D eigenvalue weighted by Gasteiger charge is -2.11. The van der Waals surface area contributed by atoms with E-state index in [2.05, 4.69) is 11.4 Å². The van der Waals surface area contributed by atoms with Gasteiger partial charge in [-0.1, -0.05) is 41.4 Å². The highest BCUT2D eigenvalue weighted by Gasteiger charge is 2.20. The van der Waals surface area contributed by atoms with Gasteiger partial charge in [0.1, 0.15) is 0 Å². The quantitative estimate of drug-likeness (QED) is 0.844. The van der Waals surface area contributed by atoms with Gasteiger partial charge in [0.25, 0.3) is 0 Å². The molecule has 1 saturated carbocycles. The van der Waals surface area contributed by atoms with Crippen molar-refractivity contribution in [2.45, 2.75) is 25.4 Å². The molecule has 0 heterocycles. The molecular formula is C16H15Cl2N. The van der Waals surface area contributed by atoms with Gasteiger partial charge in [0.05, 0.1) is 0 Å². The fraction of sp³-hybridized carbons (Fsp3) is 0.250. The number of nitrogens with one attached hydrogen (secondary N) is 1. The van der Waals surface area contributed by atoms with E-state index in [1.54, 1.807) is 0 Å². The van der Waals surface area contributed by atoms with Gasteiger partial charge in [-0.3, -0.25) is 0 Å². The van der Waals surface area contributed by atoms with Crippen LogP contribution in [0.3, 0.4) is 0 Å². The van der Waals surface area contributed by atoms with Crippen molar-refractivity contribution >= 4 is 23.2 Å². The SMILES string of the molecule is Clc1ccc(-c2cc(Cl)ccc2CNC2CC2)cc1. The first-order chi connectivity index (χ1) is 9.22. The largest absolute Gasteiger partial charge is 0.310 e. The molecule has 0 aromatic heterocycles. The lowest BCUT2D eigenvalue weighted by Crippen LogP contribution is -2.15. The second-order valence-electron chi connectivity index (χ2n) is 4.96. The maximum atomic E-state index is 6.13. The Kier molecular flexibility index (Phi) is 3.79. The van der Waals surface area contributed by atoms with Crippen LogP contribution in [-0.2, 0) is 6.54 Å². The van der Waals surface area contributed by atoms with E-state index in [-0.39, 0.29) is 0 Å². The summed E-state index contributed by atoms with van der Waals surface area (Å²) >= 11 is 12.1. The van der Waals surface area contributed by atoms with Crippen molar-refractivity contribution in [3.8, 4) is 11.1 Å². The lowest BCUT2D eigenvalue weighted by atomic mass is 9.99. The first-order valence-corrected chi connectivity index (χ1v) is 7.26. The second-order valence-corrected chi connectivity index (χ2v) is 5.84. The number of hydrogen-bond donors (Lipinski definition) is 1. The van der Waals surface area contributed by atoms with E-state index in [0.29, 0.717) is 6.04 Å². The Morgan fingerprint density at radius 3 is 2.32 bits per heavy atom. The van der Waals surface area contributed by atoms with Gasteiger partial charge >= 0.3 is 0 Å². The summed E-state index contributed by atoms with van der Waals surface area (Å²) in [6.07, 6.45) is 2.59. The average molecular weight is 292 g/mol. The third-order valence-corrected chi connectivity index (χ3v) is 3.87. The van der Waals surface area contributed by atoms with Gasteiger partial charge < -0.3 is 5.32 Å². The standard InChI is InChI=1S/C16H15Cl2N/c17-13-4-1-11(2-5-13)16-9-14(18)6-3-12(16)10-19-15-7-8-15/h1-6,9,15,19H,7-8,10H2. The number of halogens is 2. The van der Waals surface area contributed by atoms with E-state index in [9.17, 15) is 0 Å². The molecule has 0 aliphatic heterocycles. The summed E-state index contributed by atoms with van der Waals surface area (Å²) in [7, 11) is 0. The molecule has 1 aliphatic carbocycles. The van der Waals surface area contributed by atoms with Crippen LogP contribution in [0.2, 0.25) is 10.0 Å². The molecule has 0 unspecified atom stereocenters. The molecule has 19 heavy (non-hydrogen) atoms. The van der Waals surface area contributed by atoms with Gasteiger partial charge in [0.2, 0.25) is 0 Å². The predicted molar refractivity (Wildman–Crippen MR) is 81.8 cm³/mol. The molecule has 1 fully saturated rings. The zero-order valence-corrected chi connectivity index (χ0v) is 12.0. The summed E-state index contributed by atoms with van der Waals surface area (Å²) in [5.74, 6) is 0. The number of benzene rings is 2. The molecule has 0 spiro atoms. The van der Waals surface area contributed by atoms with Gasteiger partial charge in [-0.15, -0.1) is 0 Å². The van der Waals surface area contributed by atoms with Crippen LogP contribution in [0.15, 0.2) is 42.5 Å². The summed E-state index contributed by atoms with van der Waals surface area (Å²) in [6.45, 7) is 0.889. The monoisotopic (exact) mass is 291 g/mol. The minimum atomic E-state index is 0.703. The minimum absolute atomic E-state index is 0.703. The van der Waals surface area contributed by atoms with Crippen LogP contribution in [0, 0.1) is 0 Å². The maximum Gasteiger partial charge on any atom is 0.0412 e. The molecule has 1 nitrogen and oxygen atoms in total. The fourth-order valence-electron chi connectivity index (χ4n) is 2.14. The van der Waals surface area contributed by atoms with Crippen LogP contribution >= 0.6 is 23.2 Å². The Labute approximate surface area is 123 Å². The second kappa shape index (κ2) is 5.54. The first-order valence-electron chi connectivity index (χ1n) is 6.50. The van der Waals surface area contributed by atoms with E-state index in [4.69, 9.17) is 23.2 Å². The van der Waals surface area contributed by atoms with Crippen molar-refractivity contribution < 1.29 is 0 Å². The molecular weight excluding hydrogens is 277 g/mol. The van der Waals surface area contributed by atoms with Crippen molar-refractivity contribution in [2.75, 3.05) is 0 Å². The summed E-state index contributed by atoms with van der Waals surface area (Å²) in [5, 5.41) is 5.06. The first kappa shape index (κ1) is 13.0. The topological polar surface area (TPSA) is 12.0 Å². The van der Waals surface area contributed by atoms with Gasteiger partial charge in [-0.2, -0.15) is 0 Å². The van der Waals surface area contributed by atoms with Gasteiger partial charge in [0.15, 0.2) is 0 Å². The molecule has 0 bridgehead atoms. The molecule has 3 rings (SSSR count). The molecule has 0 atom stereocenters. The molecule has 0 amide bonds. The van der Waals surface area contributed by atoms with Gasteiger partial charge in [-0.05, 0) is 53.8 Å². The molecule has 0 radical (unpaired) electrons. The molecule has 3 heteroatoms. The van der Waals surface area contributed by atoms with Gasteiger partial charge in [0, 0.05) is 22.6 Å². The Morgan fingerprint density at radius 1 is 0.947 bits per heavy atom. The van der Waals surface area contributed by atoms with Crippen molar-refractivity contribution in [2.24, 2.45) is 0 Å². The number of rotatable bonds is 4. The van der Waals surface area contributed by atoms with Crippen LogP contribution < -0.4 is 5.32 Å². The summed E-state index contributed by atoms with van der Waals surface area (Å²) in [5.41, 5.74) is 3.61. The highest BCUT2D eigenvalue weighted by molar-refractivity contribution is 6.31. The maximum absolute atomic E-state index is 6.13. The Morgan fingerprint density at radius 2 is 1.63 bits per heavy atom. The van der Waals surface area contributed by atoms with Crippen LogP contribution in [0.4, 0.5) is 0 Å². The molecule has 2 aromatic carbocycles. The number of hydrogen-bond acceptors (Lipinski definition) is 1. The van der Waals surface area contributed by atoms with E-state index >= 15 is 0 Å². The zero-order valence-electron chi connectivity index (χ0n) is 10.5. The third kappa shape index (κ3) is 3.30. The minimum Gasteiger partial charge on any atom is -0.310 e. The smallest absolute Gasteiger partial charge is 0.0412 e. The Bertz CT molecular complexity index is 574. The highest BCUT2D eigenvalue weighted by atomic mass is 35.5.